The second kappa shape index (κ2) is 3.75. The lowest BCUT2D eigenvalue weighted by atomic mass is 10.2. The Balaban J connectivity index is 2.55. The third kappa shape index (κ3) is 3.90. The summed E-state index contributed by atoms with van der Waals surface area (Å²) in [5, 5.41) is 0. The molecule has 3 nitrogen and oxygen atoms in total. The van der Waals surface area contributed by atoms with E-state index in [1.54, 1.807) is 6.07 Å². The zero-order valence-corrected chi connectivity index (χ0v) is 8.37. The predicted molar refractivity (Wildman–Crippen MR) is 53.2 cm³/mol. The molecular weight excluding hydrogens is 164 g/mol. The van der Waals surface area contributed by atoms with Crippen molar-refractivity contribution in [2.45, 2.75) is 33.0 Å². The second-order valence-electron chi connectivity index (χ2n) is 3.95. The van der Waals surface area contributed by atoms with Crippen LogP contribution in [0.25, 0.3) is 0 Å². The molecule has 1 heterocycles. The van der Waals surface area contributed by atoms with Crippen molar-refractivity contribution in [3.05, 3.63) is 23.9 Å². The molecule has 0 unspecified atom stereocenters. The Kier molecular flexibility index (Phi) is 2.88. The molecule has 3 heteroatoms. The van der Waals surface area contributed by atoms with Gasteiger partial charge in [0.05, 0.1) is 17.9 Å². The van der Waals surface area contributed by atoms with Gasteiger partial charge in [0.2, 0.25) is 0 Å². The van der Waals surface area contributed by atoms with Crippen LogP contribution in [0.1, 0.15) is 26.5 Å². The van der Waals surface area contributed by atoms with Crippen LogP contribution in [0.5, 0.6) is 0 Å². The highest BCUT2D eigenvalue weighted by molar-refractivity contribution is 5.28. The van der Waals surface area contributed by atoms with Crippen LogP contribution in [0.2, 0.25) is 0 Å². The maximum atomic E-state index is 5.55. The van der Waals surface area contributed by atoms with Crippen molar-refractivity contribution >= 4 is 5.82 Å². The molecule has 0 radical (unpaired) electrons. The number of ether oxygens (including phenoxy) is 1. The van der Waals surface area contributed by atoms with Gasteiger partial charge < -0.3 is 10.5 Å². The number of pyridine rings is 1. The topological polar surface area (TPSA) is 48.1 Å². The van der Waals surface area contributed by atoms with E-state index in [1.165, 1.54) is 0 Å². The van der Waals surface area contributed by atoms with E-state index >= 15 is 0 Å². The molecule has 0 saturated heterocycles. The summed E-state index contributed by atoms with van der Waals surface area (Å²) in [6, 6.07) is 5.55. The lowest BCUT2D eigenvalue weighted by Gasteiger charge is -2.19. The molecule has 2 N–H and O–H groups in total. The van der Waals surface area contributed by atoms with Crippen LogP contribution in [0.4, 0.5) is 5.82 Å². The van der Waals surface area contributed by atoms with Crippen LogP contribution in [0, 0.1) is 0 Å². The molecule has 72 valence electrons. The SMILES string of the molecule is CC(C)(C)OCc1cccc(N)n1. The Hall–Kier alpha value is -1.09. The summed E-state index contributed by atoms with van der Waals surface area (Å²) in [5.41, 5.74) is 6.27. The van der Waals surface area contributed by atoms with Gasteiger partial charge in [0, 0.05) is 0 Å². The van der Waals surface area contributed by atoms with Crippen LogP contribution in [0.3, 0.4) is 0 Å². The van der Waals surface area contributed by atoms with Gasteiger partial charge in [-0.15, -0.1) is 0 Å². The number of rotatable bonds is 2. The lowest BCUT2D eigenvalue weighted by Crippen LogP contribution is -2.19. The minimum Gasteiger partial charge on any atom is -0.384 e. The number of nitrogens with zero attached hydrogens (tertiary/aromatic N) is 1. The van der Waals surface area contributed by atoms with Crippen molar-refractivity contribution in [2.75, 3.05) is 5.73 Å². The fourth-order valence-corrected chi connectivity index (χ4v) is 0.869. The van der Waals surface area contributed by atoms with Gasteiger partial charge in [-0.1, -0.05) is 6.07 Å². The van der Waals surface area contributed by atoms with E-state index in [-0.39, 0.29) is 5.60 Å². The zero-order chi connectivity index (χ0) is 9.90. The van der Waals surface area contributed by atoms with Crippen molar-refractivity contribution in [3.63, 3.8) is 0 Å². The van der Waals surface area contributed by atoms with Crippen LogP contribution < -0.4 is 5.73 Å². The molecular formula is C10H16N2O. The number of hydrogen-bond donors (Lipinski definition) is 1. The van der Waals surface area contributed by atoms with Crippen LogP contribution in [-0.4, -0.2) is 10.6 Å². The molecule has 0 aliphatic heterocycles. The highest BCUT2D eigenvalue weighted by atomic mass is 16.5. The first-order valence-corrected chi connectivity index (χ1v) is 4.33. The number of nitrogens with two attached hydrogens (primary N) is 1. The third-order valence-electron chi connectivity index (χ3n) is 1.48. The maximum Gasteiger partial charge on any atom is 0.123 e. The first-order valence-electron chi connectivity index (χ1n) is 4.33. The molecule has 13 heavy (non-hydrogen) atoms. The number of nitrogen functional groups attached to an aromatic ring is 1. The average Bonchev–Trinajstić information content (AvgIpc) is 2.00. The molecule has 0 amide bonds. The first-order chi connectivity index (χ1) is 5.97. The summed E-state index contributed by atoms with van der Waals surface area (Å²) < 4.78 is 5.55. The van der Waals surface area contributed by atoms with Crippen molar-refractivity contribution in [1.29, 1.82) is 0 Å². The minimum absolute atomic E-state index is 0.133. The average molecular weight is 180 g/mol. The number of anilines is 1. The molecule has 0 aliphatic rings. The fraction of sp³-hybridized carbons (Fsp3) is 0.500. The van der Waals surface area contributed by atoms with Crippen molar-refractivity contribution in [1.82, 2.24) is 4.98 Å². The largest absolute Gasteiger partial charge is 0.384 e. The molecule has 0 aromatic carbocycles. The van der Waals surface area contributed by atoms with Gasteiger partial charge in [-0.3, -0.25) is 0 Å². The van der Waals surface area contributed by atoms with Gasteiger partial charge in [-0.25, -0.2) is 4.98 Å². The van der Waals surface area contributed by atoms with Gasteiger partial charge in [0.25, 0.3) is 0 Å². The molecule has 1 aromatic heterocycles. The Morgan fingerprint density at radius 3 is 2.62 bits per heavy atom. The summed E-state index contributed by atoms with van der Waals surface area (Å²) in [7, 11) is 0. The Labute approximate surface area is 78.9 Å². The lowest BCUT2D eigenvalue weighted by molar-refractivity contribution is -0.0164. The number of hydrogen-bond acceptors (Lipinski definition) is 3. The van der Waals surface area contributed by atoms with Gasteiger partial charge in [0.1, 0.15) is 5.82 Å². The monoisotopic (exact) mass is 180 g/mol. The fourth-order valence-electron chi connectivity index (χ4n) is 0.869. The van der Waals surface area contributed by atoms with Crippen molar-refractivity contribution in [2.24, 2.45) is 0 Å². The van der Waals surface area contributed by atoms with Gasteiger partial charge >= 0.3 is 0 Å². The number of aromatic nitrogens is 1. The molecule has 0 atom stereocenters. The highest BCUT2D eigenvalue weighted by Gasteiger charge is 2.10. The van der Waals surface area contributed by atoms with E-state index in [2.05, 4.69) is 4.98 Å². The summed E-state index contributed by atoms with van der Waals surface area (Å²) in [6.45, 7) is 6.55. The summed E-state index contributed by atoms with van der Waals surface area (Å²) in [6.07, 6.45) is 0. The maximum absolute atomic E-state index is 5.55. The van der Waals surface area contributed by atoms with Crippen molar-refractivity contribution < 1.29 is 4.74 Å². The molecule has 0 saturated carbocycles. The second-order valence-corrected chi connectivity index (χ2v) is 3.95. The zero-order valence-electron chi connectivity index (χ0n) is 8.37. The molecule has 1 aromatic rings. The van der Waals surface area contributed by atoms with Gasteiger partial charge in [-0.05, 0) is 32.9 Å². The Morgan fingerprint density at radius 1 is 1.38 bits per heavy atom. The molecule has 0 fully saturated rings. The van der Waals surface area contributed by atoms with E-state index in [0.717, 1.165) is 5.69 Å². The first kappa shape index (κ1) is 9.99. The molecule has 0 bridgehead atoms. The summed E-state index contributed by atoms with van der Waals surface area (Å²) in [5.74, 6) is 0.537. The van der Waals surface area contributed by atoms with E-state index in [9.17, 15) is 0 Å². The van der Waals surface area contributed by atoms with E-state index < -0.39 is 0 Å². The third-order valence-corrected chi connectivity index (χ3v) is 1.48. The van der Waals surface area contributed by atoms with Crippen LogP contribution in [0.15, 0.2) is 18.2 Å². The van der Waals surface area contributed by atoms with Gasteiger partial charge in [0.15, 0.2) is 0 Å². The van der Waals surface area contributed by atoms with Crippen LogP contribution in [-0.2, 0) is 11.3 Å². The normalized spacial score (nSPS) is 11.6. The Morgan fingerprint density at radius 2 is 2.08 bits per heavy atom. The highest BCUT2D eigenvalue weighted by Crippen LogP contribution is 2.10. The summed E-state index contributed by atoms with van der Waals surface area (Å²) in [4.78, 5) is 4.13. The summed E-state index contributed by atoms with van der Waals surface area (Å²) >= 11 is 0. The van der Waals surface area contributed by atoms with E-state index in [1.807, 2.05) is 32.9 Å². The van der Waals surface area contributed by atoms with E-state index in [4.69, 9.17) is 10.5 Å². The van der Waals surface area contributed by atoms with E-state index in [0.29, 0.717) is 12.4 Å². The predicted octanol–water partition coefficient (Wildman–Crippen LogP) is 1.98. The van der Waals surface area contributed by atoms with Crippen LogP contribution >= 0.6 is 0 Å². The van der Waals surface area contributed by atoms with Gasteiger partial charge in [-0.2, -0.15) is 0 Å². The molecule has 0 aliphatic carbocycles. The van der Waals surface area contributed by atoms with Crippen molar-refractivity contribution in [3.8, 4) is 0 Å². The molecule has 1 rings (SSSR count). The minimum atomic E-state index is -0.133. The quantitative estimate of drug-likeness (QED) is 0.757. The Bertz CT molecular complexity index is 278. The molecule has 0 spiro atoms. The standard InChI is InChI=1S/C10H16N2O/c1-10(2,3)13-7-8-5-4-6-9(11)12-8/h4-6H,7H2,1-3H3,(H2,11,12). The smallest absolute Gasteiger partial charge is 0.123 e.